The predicted molar refractivity (Wildman–Crippen MR) is 84.4 cm³/mol. The molecule has 0 radical (unpaired) electrons. The molecule has 0 aliphatic rings. The summed E-state index contributed by atoms with van der Waals surface area (Å²) in [6.45, 7) is 4.15. The highest BCUT2D eigenvalue weighted by atomic mass is 16.3. The lowest BCUT2D eigenvalue weighted by Gasteiger charge is -2.08. The summed E-state index contributed by atoms with van der Waals surface area (Å²) in [6.07, 6.45) is 3.26. The lowest BCUT2D eigenvalue weighted by Crippen LogP contribution is -1.95. The van der Waals surface area contributed by atoms with E-state index in [-0.39, 0.29) is 0 Å². The number of aromatic nitrogens is 2. The summed E-state index contributed by atoms with van der Waals surface area (Å²) in [5.41, 5.74) is 5.47. The van der Waals surface area contributed by atoms with Crippen LogP contribution in [0.5, 0.6) is 0 Å². The number of aryl methyl sites for hydroxylation is 2. The molecule has 0 spiro atoms. The van der Waals surface area contributed by atoms with Gasteiger partial charge in [0, 0.05) is 0 Å². The van der Waals surface area contributed by atoms with E-state index in [1.165, 1.54) is 11.1 Å². The second-order valence-electron chi connectivity index (χ2n) is 5.30. The van der Waals surface area contributed by atoms with Crippen LogP contribution in [0.4, 0.5) is 0 Å². The van der Waals surface area contributed by atoms with Crippen LogP contribution in [0.25, 0.3) is 33.9 Å². The quantitative estimate of drug-likeness (QED) is 0.533. The molecule has 0 fully saturated rings. The van der Waals surface area contributed by atoms with Crippen molar-refractivity contribution in [2.75, 3.05) is 0 Å². The average molecular weight is 290 g/mol. The van der Waals surface area contributed by atoms with Gasteiger partial charge < -0.3 is 8.83 Å². The van der Waals surface area contributed by atoms with Crippen molar-refractivity contribution in [2.45, 2.75) is 13.8 Å². The topological polar surface area (TPSA) is 52.1 Å². The standard InChI is InChI=1S/C18H14N2O2/c1-11-9-13-14(10-12(11)2)20-18(16-6-4-8-22-16)17(19-13)15-5-3-7-21-15/h3-10H,1-2H3. The Morgan fingerprint density at radius 2 is 1.18 bits per heavy atom. The van der Waals surface area contributed by atoms with Crippen LogP contribution >= 0.6 is 0 Å². The molecule has 0 N–H and O–H groups in total. The van der Waals surface area contributed by atoms with Crippen molar-refractivity contribution in [2.24, 2.45) is 0 Å². The second-order valence-corrected chi connectivity index (χ2v) is 5.30. The summed E-state index contributed by atoms with van der Waals surface area (Å²) in [7, 11) is 0. The van der Waals surface area contributed by atoms with Crippen LogP contribution < -0.4 is 0 Å². The van der Waals surface area contributed by atoms with Crippen LogP contribution in [0, 0.1) is 13.8 Å². The Bertz CT molecular complexity index is 860. The number of rotatable bonds is 2. The van der Waals surface area contributed by atoms with E-state index < -0.39 is 0 Å². The van der Waals surface area contributed by atoms with Gasteiger partial charge in [0.25, 0.3) is 0 Å². The number of benzene rings is 1. The maximum absolute atomic E-state index is 5.52. The first-order valence-corrected chi connectivity index (χ1v) is 7.09. The molecule has 0 unspecified atom stereocenters. The van der Waals surface area contributed by atoms with E-state index in [1.54, 1.807) is 12.5 Å². The molecule has 0 aliphatic carbocycles. The Balaban J connectivity index is 2.06. The zero-order chi connectivity index (χ0) is 15.1. The molecule has 108 valence electrons. The van der Waals surface area contributed by atoms with Gasteiger partial charge in [0.15, 0.2) is 11.5 Å². The Labute approximate surface area is 127 Å². The number of nitrogens with zero attached hydrogens (tertiary/aromatic N) is 2. The summed E-state index contributed by atoms with van der Waals surface area (Å²) in [5, 5.41) is 0. The van der Waals surface area contributed by atoms with Crippen molar-refractivity contribution in [1.29, 1.82) is 0 Å². The fourth-order valence-electron chi connectivity index (χ4n) is 2.48. The van der Waals surface area contributed by atoms with E-state index in [0.717, 1.165) is 11.0 Å². The van der Waals surface area contributed by atoms with Crippen LogP contribution in [-0.2, 0) is 0 Å². The third-order valence-electron chi connectivity index (χ3n) is 3.79. The smallest absolute Gasteiger partial charge is 0.154 e. The molecule has 3 aromatic heterocycles. The molecule has 4 rings (SSSR count). The van der Waals surface area contributed by atoms with Crippen LogP contribution in [-0.4, -0.2) is 9.97 Å². The highest BCUT2D eigenvalue weighted by Gasteiger charge is 2.17. The van der Waals surface area contributed by atoms with Crippen LogP contribution in [0.3, 0.4) is 0 Å². The third kappa shape index (κ3) is 2.00. The number of fused-ring (bicyclic) bond motifs is 1. The Morgan fingerprint density at radius 1 is 0.727 bits per heavy atom. The lowest BCUT2D eigenvalue weighted by molar-refractivity contribution is 0.572. The van der Waals surface area contributed by atoms with E-state index in [4.69, 9.17) is 18.8 Å². The minimum Gasteiger partial charge on any atom is -0.463 e. The van der Waals surface area contributed by atoms with Gasteiger partial charge in [-0.15, -0.1) is 0 Å². The summed E-state index contributed by atoms with van der Waals surface area (Å²) in [5.74, 6) is 1.36. The fourth-order valence-corrected chi connectivity index (χ4v) is 2.48. The molecule has 22 heavy (non-hydrogen) atoms. The van der Waals surface area contributed by atoms with E-state index >= 15 is 0 Å². The number of hydrogen-bond acceptors (Lipinski definition) is 4. The largest absolute Gasteiger partial charge is 0.463 e. The molecule has 0 bridgehead atoms. The van der Waals surface area contributed by atoms with E-state index in [1.807, 2.05) is 24.3 Å². The van der Waals surface area contributed by atoms with Gasteiger partial charge in [-0.05, 0) is 61.4 Å². The maximum atomic E-state index is 5.52. The third-order valence-corrected chi connectivity index (χ3v) is 3.79. The Hall–Kier alpha value is -2.88. The SMILES string of the molecule is Cc1cc2nc(-c3ccco3)c(-c3ccco3)nc2cc1C. The van der Waals surface area contributed by atoms with Gasteiger partial charge in [0.05, 0.1) is 23.6 Å². The predicted octanol–water partition coefficient (Wildman–Crippen LogP) is 4.77. The molecule has 3 heterocycles. The molecular weight excluding hydrogens is 276 g/mol. The average Bonchev–Trinajstić information content (AvgIpc) is 3.21. The molecule has 0 atom stereocenters. The summed E-state index contributed by atoms with van der Waals surface area (Å²) in [6, 6.07) is 11.5. The fraction of sp³-hybridized carbons (Fsp3) is 0.111. The molecule has 4 heteroatoms. The van der Waals surface area contributed by atoms with E-state index in [0.29, 0.717) is 22.9 Å². The van der Waals surface area contributed by atoms with Crippen LogP contribution in [0.2, 0.25) is 0 Å². The Morgan fingerprint density at radius 3 is 1.55 bits per heavy atom. The maximum Gasteiger partial charge on any atom is 0.154 e. The first-order valence-electron chi connectivity index (χ1n) is 7.09. The zero-order valence-corrected chi connectivity index (χ0v) is 12.3. The van der Waals surface area contributed by atoms with Gasteiger partial charge in [-0.2, -0.15) is 0 Å². The summed E-state index contributed by atoms with van der Waals surface area (Å²) < 4.78 is 11.0. The van der Waals surface area contributed by atoms with Gasteiger partial charge in [-0.1, -0.05) is 0 Å². The summed E-state index contributed by atoms with van der Waals surface area (Å²) >= 11 is 0. The molecule has 0 saturated heterocycles. The molecule has 0 aliphatic heterocycles. The van der Waals surface area contributed by atoms with Gasteiger partial charge in [0.1, 0.15) is 11.4 Å². The van der Waals surface area contributed by atoms with Gasteiger partial charge in [-0.3, -0.25) is 0 Å². The second kappa shape index (κ2) is 4.84. The van der Waals surface area contributed by atoms with Crippen molar-refractivity contribution in [3.05, 3.63) is 60.1 Å². The van der Waals surface area contributed by atoms with Crippen molar-refractivity contribution >= 4 is 11.0 Å². The highest BCUT2D eigenvalue weighted by molar-refractivity contribution is 5.84. The minimum atomic E-state index is 0.680. The lowest BCUT2D eigenvalue weighted by atomic mass is 10.1. The number of hydrogen-bond donors (Lipinski definition) is 0. The van der Waals surface area contributed by atoms with E-state index in [2.05, 4.69) is 26.0 Å². The normalized spacial score (nSPS) is 11.2. The van der Waals surface area contributed by atoms with E-state index in [9.17, 15) is 0 Å². The zero-order valence-electron chi connectivity index (χ0n) is 12.3. The van der Waals surface area contributed by atoms with Crippen molar-refractivity contribution in [3.8, 4) is 22.9 Å². The van der Waals surface area contributed by atoms with Crippen molar-refractivity contribution in [3.63, 3.8) is 0 Å². The minimum absolute atomic E-state index is 0.680. The van der Waals surface area contributed by atoms with Gasteiger partial charge in [0.2, 0.25) is 0 Å². The molecular formula is C18H14N2O2. The molecule has 0 saturated carbocycles. The first-order chi connectivity index (χ1) is 10.7. The van der Waals surface area contributed by atoms with Gasteiger partial charge >= 0.3 is 0 Å². The monoisotopic (exact) mass is 290 g/mol. The van der Waals surface area contributed by atoms with Crippen LogP contribution in [0.15, 0.2) is 57.8 Å². The molecule has 1 aromatic carbocycles. The van der Waals surface area contributed by atoms with Crippen molar-refractivity contribution < 1.29 is 8.83 Å². The van der Waals surface area contributed by atoms with Crippen LogP contribution in [0.1, 0.15) is 11.1 Å². The number of furan rings is 2. The van der Waals surface area contributed by atoms with Crippen molar-refractivity contribution in [1.82, 2.24) is 9.97 Å². The Kier molecular flexibility index (Phi) is 2.82. The molecule has 4 aromatic rings. The highest BCUT2D eigenvalue weighted by Crippen LogP contribution is 2.32. The summed E-state index contributed by atoms with van der Waals surface area (Å²) in [4.78, 5) is 9.52. The molecule has 0 amide bonds. The van der Waals surface area contributed by atoms with Gasteiger partial charge in [-0.25, -0.2) is 9.97 Å². The molecule has 4 nitrogen and oxygen atoms in total. The first kappa shape index (κ1) is 12.8.